The highest BCUT2D eigenvalue weighted by molar-refractivity contribution is 7.92. The number of halogens is 1. The monoisotopic (exact) mass is 357 g/mol. The molecular formula is C16H20ClNO4S. The highest BCUT2D eigenvalue weighted by atomic mass is 35.5. The lowest BCUT2D eigenvalue weighted by Gasteiger charge is -2.16. The molecule has 0 aliphatic heterocycles. The van der Waals surface area contributed by atoms with Crippen LogP contribution in [0.25, 0.3) is 11.1 Å². The van der Waals surface area contributed by atoms with Crippen LogP contribution in [0.1, 0.15) is 45.9 Å². The highest BCUT2D eigenvalue weighted by Gasteiger charge is 2.40. The Bertz CT molecular complexity index is 851. The molecule has 0 radical (unpaired) electrons. The summed E-state index contributed by atoms with van der Waals surface area (Å²) in [5, 5.41) is 9.28. The Kier molecular flexibility index (Phi) is 3.98. The van der Waals surface area contributed by atoms with Gasteiger partial charge in [-0.2, -0.15) is 0 Å². The van der Waals surface area contributed by atoms with E-state index >= 15 is 0 Å². The Morgan fingerprint density at radius 1 is 1.30 bits per heavy atom. The van der Waals surface area contributed by atoms with Crippen molar-refractivity contribution in [3.8, 4) is 0 Å². The zero-order valence-electron chi connectivity index (χ0n) is 13.3. The first-order chi connectivity index (χ1) is 10.6. The van der Waals surface area contributed by atoms with Crippen LogP contribution in [0.5, 0.6) is 0 Å². The predicted octanol–water partition coefficient (Wildman–Crippen LogP) is 3.47. The number of oxazole rings is 1. The van der Waals surface area contributed by atoms with Crippen molar-refractivity contribution < 1.29 is 17.9 Å². The smallest absolute Gasteiger partial charge is 0.200 e. The average Bonchev–Trinajstić information content (AvgIpc) is 3.03. The molecule has 1 N–H and O–H groups in total. The summed E-state index contributed by atoms with van der Waals surface area (Å²) >= 11 is 6.19. The number of hydrogen-bond acceptors (Lipinski definition) is 5. The molecule has 1 saturated carbocycles. The predicted molar refractivity (Wildman–Crippen MR) is 88.6 cm³/mol. The van der Waals surface area contributed by atoms with Gasteiger partial charge in [-0.25, -0.2) is 13.4 Å². The lowest BCUT2D eigenvalue weighted by atomic mass is 9.97. The van der Waals surface area contributed by atoms with Crippen molar-refractivity contribution >= 4 is 32.5 Å². The molecule has 3 rings (SSSR count). The first-order valence-electron chi connectivity index (χ1n) is 7.64. The number of aliphatic hydroxyl groups excluding tert-OH is 1. The maximum atomic E-state index is 13.0. The van der Waals surface area contributed by atoms with Gasteiger partial charge in [0, 0.05) is 5.41 Å². The number of fused-ring (bicyclic) bond motifs is 1. The van der Waals surface area contributed by atoms with Crippen LogP contribution in [-0.4, -0.2) is 29.9 Å². The number of rotatable bonds is 2. The molecule has 0 amide bonds. The van der Waals surface area contributed by atoms with Gasteiger partial charge in [0.1, 0.15) is 10.4 Å². The van der Waals surface area contributed by atoms with Crippen molar-refractivity contribution in [1.82, 2.24) is 4.98 Å². The molecule has 0 spiro atoms. The minimum absolute atomic E-state index is 0.0504. The van der Waals surface area contributed by atoms with E-state index in [9.17, 15) is 13.5 Å². The molecule has 5 nitrogen and oxygen atoms in total. The van der Waals surface area contributed by atoms with Crippen LogP contribution in [0.2, 0.25) is 5.02 Å². The third kappa shape index (κ3) is 2.77. The Balaban J connectivity index is 2.24. The standard InChI is InChI=1S/C16H20ClNO4S/c1-16(2,3)15-18-10-8-7-9(17)14(13(10)22-15)23(20,21)12-6-4-5-11(12)19/h7-8,11-12,19H,4-6H2,1-3H3/t11-,12-/m1/s1. The molecule has 2 atom stereocenters. The molecule has 1 aromatic carbocycles. The molecule has 1 fully saturated rings. The van der Waals surface area contributed by atoms with Crippen LogP contribution in [0.15, 0.2) is 21.4 Å². The molecule has 7 heteroatoms. The maximum absolute atomic E-state index is 13.0. The van der Waals surface area contributed by atoms with E-state index in [1.165, 1.54) is 6.07 Å². The fraction of sp³-hybridized carbons (Fsp3) is 0.562. The van der Waals surface area contributed by atoms with Crippen molar-refractivity contribution in [2.24, 2.45) is 0 Å². The summed E-state index contributed by atoms with van der Waals surface area (Å²) in [7, 11) is -3.79. The van der Waals surface area contributed by atoms with Crippen molar-refractivity contribution in [3.05, 3.63) is 23.0 Å². The van der Waals surface area contributed by atoms with Crippen LogP contribution < -0.4 is 0 Å². The van der Waals surface area contributed by atoms with Crippen molar-refractivity contribution in [3.63, 3.8) is 0 Å². The molecule has 2 aromatic rings. The van der Waals surface area contributed by atoms with E-state index in [0.29, 0.717) is 30.7 Å². The molecule has 0 bridgehead atoms. The second-order valence-corrected chi connectivity index (χ2v) is 9.59. The van der Waals surface area contributed by atoms with Gasteiger partial charge in [-0.05, 0) is 31.4 Å². The van der Waals surface area contributed by atoms with Gasteiger partial charge >= 0.3 is 0 Å². The third-order valence-electron chi connectivity index (χ3n) is 4.21. The second kappa shape index (κ2) is 5.46. The van der Waals surface area contributed by atoms with E-state index in [1.807, 2.05) is 20.8 Å². The lowest BCUT2D eigenvalue weighted by Crippen LogP contribution is -2.29. The first-order valence-corrected chi connectivity index (χ1v) is 9.56. The van der Waals surface area contributed by atoms with Crippen molar-refractivity contribution in [2.45, 2.75) is 61.7 Å². The fourth-order valence-electron chi connectivity index (χ4n) is 2.95. The zero-order chi connectivity index (χ0) is 17.0. The largest absolute Gasteiger partial charge is 0.439 e. The van der Waals surface area contributed by atoms with E-state index in [0.717, 1.165) is 0 Å². The number of aromatic nitrogens is 1. The number of hydrogen-bond donors (Lipinski definition) is 1. The van der Waals surface area contributed by atoms with Crippen LogP contribution in [0.4, 0.5) is 0 Å². The number of benzene rings is 1. The molecule has 1 aromatic heterocycles. The summed E-state index contributed by atoms with van der Waals surface area (Å²) in [5.41, 5.74) is 0.297. The second-order valence-electron chi connectivity index (χ2n) is 7.08. The molecule has 23 heavy (non-hydrogen) atoms. The zero-order valence-corrected chi connectivity index (χ0v) is 14.9. The van der Waals surface area contributed by atoms with Crippen LogP contribution >= 0.6 is 11.6 Å². The Hall–Kier alpha value is -1.11. The molecule has 0 unspecified atom stereocenters. The summed E-state index contributed by atoms with van der Waals surface area (Å²) in [6.07, 6.45) is 0.733. The molecule has 126 valence electrons. The van der Waals surface area contributed by atoms with E-state index in [4.69, 9.17) is 16.0 Å². The number of aliphatic hydroxyl groups is 1. The fourth-order valence-corrected chi connectivity index (χ4v) is 5.49. The van der Waals surface area contributed by atoms with Crippen molar-refractivity contribution in [1.29, 1.82) is 0 Å². The van der Waals surface area contributed by atoms with E-state index in [2.05, 4.69) is 4.98 Å². The van der Waals surface area contributed by atoms with E-state index in [-0.39, 0.29) is 20.9 Å². The third-order valence-corrected chi connectivity index (χ3v) is 6.95. The number of sulfone groups is 1. The van der Waals surface area contributed by atoms with Gasteiger partial charge in [-0.15, -0.1) is 0 Å². The summed E-state index contributed by atoms with van der Waals surface area (Å²) < 4.78 is 31.8. The number of nitrogens with zero attached hydrogens (tertiary/aromatic N) is 1. The Morgan fingerprint density at radius 2 is 2.00 bits per heavy atom. The van der Waals surface area contributed by atoms with Crippen LogP contribution in [-0.2, 0) is 15.3 Å². The van der Waals surface area contributed by atoms with Crippen molar-refractivity contribution in [2.75, 3.05) is 0 Å². The summed E-state index contributed by atoms with van der Waals surface area (Å²) in [6, 6.07) is 3.17. The normalized spacial score (nSPS) is 22.8. The van der Waals surface area contributed by atoms with Gasteiger partial charge in [-0.1, -0.05) is 32.4 Å². The van der Waals surface area contributed by atoms with Crippen LogP contribution in [0.3, 0.4) is 0 Å². The minimum Gasteiger partial charge on any atom is -0.439 e. The van der Waals surface area contributed by atoms with Gasteiger partial charge < -0.3 is 9.52 Å². The summed E-state index contributed by atoms with van der Waals surface area (Å²) in [4.78, 5) is 4.34. The molecule has 1 heterocycles. The van der Waals surface area contributed by atoms with Gasteiger partial charge in [0.25, 0.3) is 0 Å². The molecule has 1 aliphatic rings. The molecule has 0 saturated heterocycles. The summed E-state index contributed by atoms with van der Waals surface area (Å²) in [6.45, 7) is 5.82. The Morgan fingerprint density at radius 3 is 2.57 bits per heavy atom. The lowest BCUT2D eigenvalue weighted by molar-refractivity contribution is 0.185. The Labute approximate surface area is 140 Å². The van der Waals surface area contributed by atoms with E-state index < -0.39 is 21.2 Å². The quantitative estimate of drug-likeness (QED) is 0.890. The van der Waals surface area contributed by atoms with E-state index in [1.54, 1.807) is 6.07 Å². The average molecular weight is 358 g/mol. The SMILES string of the molecule is CC(C)(C)c1nc2ccc(Cl)c(S(=O)(=O)[C@@H]3CCC[C@H]3O)c2o1. The van der Waals surface area contributed by atoms with Gasteiger partial charge in [0.05, 0.1) is 16.4 Å². The maximum Gasteiger partial charge on any atom is 0.200 e. The summed E-state index contributed by atoms with van der Waals surface area (Å²) in [5.74, 6) is 0.457. The highest BCUT2D eigenvalue weighted by Crippen LogP contribution is 2.39. The topological polar surface area (TPSA) is 80.4 Å². The van der Waals surface area contributed by atoms with Gasteiger partial charge in [0.2, 0.25) is 5.89 Å². The minimum atomic E-state index is -3.79. The van der Waals surface area contributed by atoms with Crippen LogP contribution in [0, 0.1) is 0 Å². The van der Waals surface area contributed by atoms with Gasteiger partial charge in [0.15, 0.2) is 15.4 Å². The first kappa shape index (κ1) is 16.7. The van der Waals surface area contributed by atoms with Gasteiger partial charge in [-0.3, -0.25) is 0 Å². The molecule has 1 aliphatic carbocycles. The molecular weight excluding hydrogens is 338 g/mol.